The van der Waals surface area contributed by atoms with Crippen molar-refractivity contribution < 1.29 is 9.47 Å². The molecule has 0 aromatic carbocycles. The summed E-state index contributed by atoms with van der Waals surface area (Å²) in [6, 6.07) is 3.47. The van der Waals surface area contributed by atoms with Crippen LogP contribution in [0.4, 0.5) is 0 Å². The number of pyridine rings is 1. The molecule has 1 aliphatic carbocycles. The third kappa shape index (κ3) is 3.16. The topological polar surface area (TPSA) is 31.4 Å². The molecule has 76 valence electrons. The van der Waals surface area contributed by atoms with E-state index >= 15 is 0 Å². The van der Waals surface area contributed by atoms with Crippen molar-refractivity contribution in [2.24, 2.45) is 5.92 Å². The molecule has 1 aromatic rings. The van der Waals surface area contributed by atoms with Crippen LogP contribution in [0, 0.1) is 5.92 Å². The molecule has 0 aliphatic heterocycles. The van der Waals surface area contributed by atoms with Gasteiger partial charge in [0, 0.05) is 0 Å². The minimum atomic E-state index is 0.291. The lowest BCUT2D eigenvalue weighted by Gasteiger charge is -2.05. The van der Waals surface area contributed by atoms with Crippen LogP contribution in [0.3, 0.4) is 0 Å². The van der Waals surface area contributed by atoms with Crippen molar-refractivity contribution in [3.63, 3.8) is 0 Å². The average Bonchev–Trinajstić information content (AvgIpc) is 2.99. The van der Waals surface area contributed by atoms with E-state index in [0.717, 1.165) is 12.5 Å². The van der Waals surface area contributed by atoms with E-state index in [4.69, 9.17) is 21.1 Å². The Morgan fingerprint density at radius 3 is 2.93 bits per heavy atom. The second-order valence-electron chi connectivity index (χ2n) is 3.39. The Hall–Kier alpha value is -0.800. The van der Waals surface area contributed by atoms with Crippen LogP contribution in [0.5, 0.6) is 5.75 Å². The zero-order valence-electron chi connectivity index (χ0n) is 7.78. The van der Waals surface area contributed by atoms with Gasteiger partial charge in [-0.2, -0.15) is 0 Å². The minimum absolute atomic E-state index is 0.291. The molecule has 0 radical (unpaired) electrons. The summed E-state index contributed by atoms with van der Waals surface area (Å²) in [7, 11) is 0. The highest BCUT2D eigenvalue weighted by molar-refractivity contribution is 6.29. The van der Waals surface area contributed by atoms with Crippen molar-refractivity contribution >= 4 is 11.6 Å². The fourth-order valence-corrected chi connectivity index (χ4v) is 1.17. The number of hydrogen-bond donors (Lipinski definition) is 0. The largest absolute Gasteiger partial charge is 0.466 e. The number of rotatable bonds is 5. The molecule has 1 fully saturated rings. The highest BCUT2D eigenvalue weighted by Gasteiger charge is 2.20. The first-order valence-corrected chi connectivity index (χ1v) is 5.04. The van der Waals surface area contributed by atoms with Crippen molar-refractivity contribution in [3.05, 3.63) is 23.5 Å². The Bertz CT molecular complexity index is 285. The van der Waals surface area contributed by atoms with Gasteiger partial charge in [-0.1, -0.05) is 11.6 Å². The SMILES string of the molecule is Clc1ccc(OCOCC2CC2)cn1. The average molecular weight is 214 g/mol. The minimum Gasteiger partial charge on any atom is -0.466 e. The molecule has 14 heavy (non-hydrogen) atoms. The van der Waals surface area contributed by atoms with E-state index < -0.39 is 0 Å². The van der Waals surface area contributed by atoms with E-state index in [-0.39, 0.29) is 0 Å². The standard InChI is InChI=1S/C10H12ClNO2/c11-10-4-3-9(5-12-10)14-7-13-6-8-1-2-8/h3-5,8H,1-2,6-7H2. The molecular formula is C10H12ClNO2. The van der Waals surface area contributed by atoms with E-state index in [1.54, 1.807) is 18.3 Å². The monoisotopic (exact) mass is 213 g/mol. The third-order valence-electron chi connectivity index (χ3n) is 2.06. The Morgan fingerprint density at radius 2 is 2.29 bits per heavy atom. The van der Waals surface area contributed by atoms with Crippen molar-refractivity contribution in [3.8, 4) is 5.75 Å². The Kier molecular flexibility index (Phi) is 3.22. The van der Waals surface area contributed by atoms with Gasteiger partial charge < -0.3 is 9.47 Å². The molecule has 1 heterocycles. The highest BCUT2D eigenvalue weighted by atomic mass is 35.5. The van der Waals surface area contributed by atoms with Crippen LogP contribution < -0.4 is 4.74 Å². The maximum absolute atomic E-state index is 5.62. The maximum atomic E-state index is 5.62. The molecule has 0 atom stereocenters. The van der Waals surface area contributed by atoms with Crippen LogP contribution in [-0.4, -0.2) is 18.4 Å². The number of aromatic nitrogens is 1. The third-order valence-corrected chi connectivity index (χ3v) is 2.28. The molecule has 0 saturated heterocycles. The van der Waals surface area contributed by atoms with E-state index in [9.17, 15) is 0 Å². The Balaban J connectivity index is 1.66. The van der Waals surface area contributed by atoms with Gasteiger partial charge in [0.05, 0.1) is 12.8 Å². The molecule has 0 amide bonds. The van der Waals surface area contributed by atoms with E-state index in [1.807, 2.05) is 0 Å². The zero-order valence-corrected chi connectivity index (χ0v) is 8.54. The summed E-state index contributed by atoms with van der Waals surface area (Å²) >= 11 is 5.62. The summed E-state index contributed by atoms with van der Waals surface area (Å²) in [4.78, 5) is 3.89. The molecule has 0 bridgehead atoms. The first kappa shape index (κ1) is 9.74. The predicted molar refractivity (Wildman–Crippen MR) is 53.4 cm³/mol. The molecule has 0 spiro atoms. The first-order valence-electron chi connectivity index (χ1n) is 4.67. The highest BCUT2D eigenvalue weighted by Crippen LogP contribution is 2.28. The molecule has 1 aliphatic rings. The van der Waals surface area contributed by atoms with Gasteiger partial charge in [-0.25, -0.2) is 4.98 Å². The van der Waals surface area contributed by atoms with Gasteiger partial charge in [0.2, 0.25) is 0 Å². The first-order chi connectivity index (χ1) is 6.84. The summed E-state index contributed by atoms with van der Waals surface area (Å²) in [5.74, 6) is 1.45. The molecule has 0 N–H and O–H groups in total. The van der Waals surface area contributed by atoms with E-state index in [1.165, 1.54) is 12.8 Å². The van der Waals surface area contributed by atoms with Gasteiger partial charge >= 0.3 is 0 Å². The number of ether oxygens (including phenoxy) is 2. The number of nitrogens with zero attached hydrogens (tertiary/aromatic N) is 1. The molecule has 4 heteroatoms. The number of hydrogen-bond acceptors (Lipinski definition) is 3. The molecule has 3 nitrogen and oxygen atoms in total. The molecule has 1 aromatic heterocycles. The Morgan fingerprint density at radius 1 is 1.43 bits per heavy atom. The van der Waals surface area contributed by atoms with Crippen molar-refractivity contribution in [2.45, 2.75) is 12.8 Å². The van der Waals surface area contributed by atoms with Gasteiger partial charge in [-0.15, -0.1) is 0 Å². The van der Waals surface area contributed by atoms with Crippen LogP contribution in [0.2, 0.25) is 5.15 Å². The van der Waals surface area contributed by atoms with Crippen molar-refractivity contribution in [1.29, 1.82) is 0 Å². The lowest BCUT2D eigenvalue weighted by Crippen LogP contribution is -2.05. The predicted octanol–water partition coefficient (Wildman–Crippen LogP) is 2.50. The summed E-state index contributed by atoms with van der Waals surface area (Å²) in [5.41, 5.74) is 0. The van der Waals surface area contributed by atoms with Crippen LogP contribution >= 0.6 is 11.6 Å². The van der Waals surface area contributed by atoms with Crippen molar-refractivity contribution in [2.75, 3.05) is 13.4 Å². The number of halogens is 1. The van der Waals surface area contributed by atoms with Gasteiger partial charge in [-0.3, -0.25) is 0 Å². The summed E-state index contributed by atoms with van der Waals surface area (Å²) in [5, 5.41) is 0.469. The Labute approximate surface area is 88.0 Å². The van der Waals surface area contributed by atoms with E-state index in [0.29, 0.717) is 17.7 Å². The van der Waals surface area contributed by atoms with Gasteiger partial charge in [0.25, 0.3) is 0 Å². The second kappa shape index (κ2) is 4.62. The van der Waals surface area contributed by atoms with Gasteiger partial charge in [-0.05, 0) is 30.9 Å². The maximum Gasteiger partial charge on any atom is 0.189 e. The lowest BCUT2D eigenvalue weighted by molar-refractivity contribution is 0.00979. The van der Waals surface area contributed by atoms with E-state index in [2.05, 4.69) is 4.98 Å². The molecule has 1 saturated carbocycles. The van der Waals surface area contributed by atoms with Crippen LogP contribution in [0.1, 0.15) is 12.8 Å². The fourth-order valence-electron chi connectivity index (χ4n) is 1.06. The smallest absolute Gasteiger partial charge is 0.189 e. The molecular weight excluding hydrogens is 202 g/mol. The molecule has 2 rings (SSSR count). The normalized spacial score (nSPS) is 15.5. The summed E-state index contributed by atoms with van der Waals surface area (Å²) in [6.45, 7) is 1.10. The quantitative estimate of drug-likeness (QED) is 0.428. The lowest BCUT2D eigenvalue weighted by atomic mass is 10.5. The van der Waals surface area contributed by atoms with Gasteiger partial charge in [0.15, 0.2) is 6.79 Å². The summed E-state index contributed by atoms with van der Waals surface area (Å²) in [6.07, 6.45) is 4.17. The fraction of sp³-hybridized carbons (Fsp3) is 0.500. The van der Waals surface area contributed by atoms with Gasteiger partial charge in [0.1, 0.15) is 10.9 Å². The van der Waals surface area contributed by atoms with Crippen LogP contribution in [0.15, 0.2) is 18.3 Å². The zero-order chi connectivity index (χ0) is 9.80. The second-order valence-corrected chi connectivity index (χ2v) is 3.78. The van der Waals surface area contributed by atoms with Crippen LogP contribution in [0.25, 0.3) is 0 Å². The summed E-state index contributed by atoms with van der Waals surface area (Å²) < 4.78 is 10.6. The van der Waals surface area contributed by atoms with Crippen molar-refractivity contribution in [1.82, 2.24) is 4.98 Å². The van der Waals surface area contributed by atoms with Crippen LogP contribution in [-0.2, 0) is 4.74 Å². The molecule has 0 unspecified atom stereocenters.